The van der Waals surface area contributed by atoms with Gasteiger partial charge in [-0.1, -0.05) is 66.7 Å². The summed E-state index contributed by atoms with van der Waals surface area (Å²) in [5.41, 5.74) is 5.07. The van der Waals surface area contributed by atoms with Crippen LogP contribution in [0.4, 0.5) is 10.5 Å². The van der Waals surface area contributed by atoms with Gasteiger partial charge in [-0.2, -0.15) is 0 Å². The normalized spacial score (nSPS) is 15.6. The van der Waals surface area contributed by atoms with Crippen molar-refractivity contribution in [1.82, 2.24) is 16.0 Å². The number of benzene rings is 3. The number of methoxy groups -OCH3 is 1. The Morgan fingerprint density at radius 1 is 1.05 bits per heavy atom. The van der Waals surface area contributed by atoms with Crippen LogP contribution in [0.2, 0.25) is 0 Å². The molecule has 10 heteroatoms. The van der Waals surface area contributed by atoms with Gasteiger partial charge in [0.15, 0.2) is 0 Å². The number of ether oxygens (including phenoxy) is 1. The van der Waals surface area contributed by atoms with Gasteiger partial charge in [-0.05, 0) is 60.6 Å². The van der Waals surface area contributed by atoms with Crippen molar-refractivity contribution in [1.29, 1.82) is 0 Å². The van der Waals surface area contributed by atoms with Gasteiger partial charge in [0.1, 0.15) is 6.04 Å². The van der Waals surface area contributed by atoms with E-state index < -0.39 is 23.8 Å². The van der Waals surface area contributed by atoms with Crippen LogP contribution in [-0.4, -0.2) is 66.1 Å². The lowest BCUT2D eigenvalue weighted by Crippen LogP contribution is -2.51. The highest BCUT2D eigenvalue weighted by Crippen LogP contribution is 2.30. The third kappa shape index (κ3) is 8.66. The van der Waals surface area contributed by atoms with Crippen LogP contribution in [-0.2, 0) is 33.8 Å². The Morgan fingerprint density at radius 3 is 2.48 bits per heavy atom. The summed E-state index contributed by atoms with van der Waals surface area (Å²) in [5, 5.41) is 27.5. The van der Waals surface area contributed by atoms with Crippen molar-refractivity contribution < 1.29 is 29.3 Å². The van der Waals surface area contributed by atoms with E-state index >= 15 is 0 Å². The molecule has 0 fully saturated rings. The van der Waals surface area contributed by atoms with Crippen LogP contribution in [0, 0.1) is 0 Å². The summed E-state index contributed by atoms with van der Waals surface area (Å²) in [5.74, 6) is -0.442. The van der Waals surface area contributed by atoms with E-state index in [1.54, 1.807) is 4.90 Å². The number of nitrogens with zero attached hydrogens (tertiary/aromatic N) is 1. The van der Waals surface area contributed by atoms with E-state index in [0.29, 0.717) is 25.9 Å². The van der Waals surface area contributed by atoms with Crippen LogP contribution in [0.1, 0.15) is 43.4 Å². The number of hydrogen-bond acceptors (Lipinski definition) is 7. The Hall–Kier alpha value is -4.25. The molecule has 234 valence electrons. The number of aliphatic hydroxyl groups excluding tert-OH is 2. The first-order valence-electron chi connectivity index (χ1n) is 14.8. The molecule has 2 atom stereocenters. The average Bonchev–Trinajstić information content (AvgIpc) is 3.15. The fourth-order valence-corrected chi connectivity index (χ4v) is 5.35. The minimum absolute atomic E-state index is 0.0972. The predicted molar refractivity (Wildman–Crippen MR) is 169 cm³/mol. The van der Waals surface area contributed by atoms with Crippen molar-refractivity contribution in [2.45, 2.75) is 63.9 Å². The second-order valence-electron chi connectivity index (χ2n) is 11.7. The minimum Gasteiger partial charge on any atom is -0.453 e. The molecule has 3 aromatic rings. The number of carbonyl (C=O) groups is 3. The zero-order valence-electron chi connectivity index (χ0n) is 25.5. The number of aryl methyl sites for hydroxylation is 1. The SMILES string of the molecule is COC(=O)NCc1ccccc1-c1ccc(CN2C(=O)[C@H](NC(=O)CC(C)(C)NC[C@H](O)CO)CCc3ccccc32)cc1. The van der Waals surface area contributed by atoms with E-state index in [1.165, 1.54) is 7.11 Å². The summed E-state index contributed by atoms with van der Waals surface area (Å²) >= 11 is 0. The van der Waals surface area contributed by atoms with Gasteiger partial charge >= 0.3 is 6.09 Å². The summed E-state index contributed by atoms with van der Waals surface area (Å²) in [6.07, 6.45) is -0.196. The van der Waals surface area contributed by atoms with Crippen molar-refractivity contribution in [3.63, 3.8) is 0 Å². The number of β-amino-alcohol motifs (C(OH)–C–C–N with tert-alkyl or cyclic N) is 1. The van der Waals surface area contributed by atoms with Gasteiger partial charge in [-0.3, -0.25) is 9.59 Å². The molecule has 1 aliphatic rings. The molecule has 0 radical (unpaired) electrons. The Kier molecular flexibility index (Phi) is 11.1. The zero-order chi connectivity index (χ0) is 31.7. The van der Waals surface area contributed by atoms with Gasteiger partial charge < -0.3 is 35.8 Å². The summed E-state index contributed by atoms with van der Waals surface area (Å²) in [6.45, 7) is 4.12. The number of aliphatic hydroxyl groups is 2. The highest BCUT2D eigenvalue weighted by atomic mass is 16.5. The van der Waals surface area contributed by atoms with Crippen LogP contribution >= 0.6 is 0 Å². The number of fused-ring (bicyclic) bond motifs is 1. The second-order valence-corrected chi connectivity index (χ2v) is 11.7. The van der Waals surface area contributed by atoms with Gasteiger partial charge in [-0.15, -0.1) is 0 Å². The third-order valence-electron chi connectivity index (χ3n) is 7.75. The number of hydrogen-bond donors (Lipinski definition) is 5. The van der Waals surface area contributed by atoms with E-state index in [-0.39, 0.29) is 31.4 Å². The Bertz CT molecular complexity index is 1440. The van der Waals surface area contributed by atoms with Crippen LogP contribution in [0.25, 0.3) is 11.1 Å². The number of alkyl carbamates (subject to hydrolysis) is 1. The number of anilines is 1. The summed E-state index contributed by atoms with van der Waals surface area (Å²) in [4.78, 5) is 40.4. The molecule has 3 aromatic carbocycles. The van der Waals surface area contributed by atoms with Crippen LogP contribution in [0.15, 0.2) is 72.8 Å². The Balaban J connectivity index is 1.49. The second kappa shape index (κ2) is 15.0. The molecule has 5 N–H and O–H groups in total. The first kappa shape index (κ1) is 32.7. The molecule has 1 heterocycles. The minimum atomic E-state index is -0.916. The van der Waals surface area contributed by atoms with Gasteiger partial charge in [0, 0.05) is 30.7 Å². The number of rotatable bonds is 12. The molecular weight excluding hydrogens is 560 g/mol. The molecular formula is C34H42N4O6. The summed E-state index contributed by atoms with van der Waals surface area (Å²) in [6, 6.07) is 22.9. The Morgan fingerprint density at radius 2 is 1.75 bits per heavy atom. The monoisotopic (exact) mass is 602 g/mol. The highest BCUT2D eigenvalue weighted by Gasteiger charge is 2.32. The Labute approximate surface area is 258 Å². The summed E-state index contributed by atoms with van der Waals surface area (Å²) < 4.78 is 4.70. The molecule has 0 saturated heterocycles. The topological polar surface area (TPSA) is 140 Å². The molecule has 0 unspecified atom stereocenters. The highest BCUT2D eigenvalue weighted by molar-refractivity contribution is 6.00. The maximum absolute atomic E-state index is 13.9. The lowest BCUT2D eigenvalue weighted by molar-refractivity contribution is -0.128. The van der Waals surface area contributed by atoms with E-state index in [0.717, 1.165) is 33.5 Å². The lowest BCUT2D eigenvalue weighted by Gasteiger charge is -2.29. The molecule has 10 nitrogen and oxygen atoms in total. The van der Waals surface area contributed by atoms with E-state index in [2.05, 4.69) is 16.0 Å². The predicted octanol–water partition coefficient (Wildman–Crippen LogP) is 3.29. The first-order chi connectivity index (χ1) is 21.1. The largest absolute Gasteiger partial charge is 0.453 e. The van der Waals surface area contributed by atoms with Gasteiger partial charge in [0.25, 0.3) is 0 Å². The number of amides is 3. The van der Waals surface area contributed by atoms with Crippen molar-refractivity contribution in [2.75, 3.05) is 25.2 Å². The molecule has 0 aliphatic carbocycles. The maximum atomic E-state index is 13.9. The molecule has 44 heavy (non-hydrogen) atoms. The molecule has 0 aromatic heterocycles. The van der Waals surface area contributed by atoms with Crippen LogP contribution in [0.5, 0.6) is 0 Å². The van der Waals surface area contributed by atoms with Crippen molar-refractivity contribution in [3.05, 3.63) is 89.5 Å². The molecule has 4 rings (SSSR count). The maximum Gasteiger partial charge on any atom is 0.407 e. The van der Waals surface area contributed by atoms with Gasteiger partial charge in [0.2, 0.25) is 11.8 Å². The fourth-order valence-electron chi connectivity index (χ4n) is 5.35. The molecule has 3 amide bonds. The molecule has 0 bridgehead atoms. The van der Waals surface area contributed by atoms with E-state index in [1.807, 2.05) is 86.6 Å². The smallest absolute Gasteiger partial charge is 0.407 e. The first-order valence-corrected chi connectivity index (χ1v) is 14.8. The van der Waals surface area contributed by atoms with E-state index in [9.17, 15) is 19.5 Å². The van der Waals surface area contributed by atoms with Gasteiger partial charge in [0.05, 0.1) is 26.4 Å². The molecule has 1 aliphatic heterocycles. The standard InChI is InChI=1S/C34H42N4O6/c1-34(2,36-20-27(40)22-39)18-31(41)37-29-17-16-25-8-5-7-11-30(25)38(32(29)42)21-23-12-14-24(15-13-23)28-10-6-4-9-26(28)19-35-33(43)44-3/h4-15,27,29,36,39-40H,16-22H2,1-3H3,(H,35,43)(H,37,41)/t27-,29+/m0/s1. The van der Waals surface area contributed by atoms with Crippen molar-refractivity contribution in [3.8, 4) is 11.1 Å². The van der Waals surface area contributed by atoms with Gasteiger partial charge in [-0.25, -0.2) is 4.79 Å². The number of carbonyl (C=O) groups excluding carboxylic acids is 3. The third-order valence-corrected chi connectivity index (χ3v) is 7.75. The molecule has 0 spiro atoms. The van der Waals surface area contributed by atoms with Crippen LogP contribution in [0.3, 0.4) is 0 Å². The number of nitrogens with one attached hydrogen (secondary N) is 3. The van der Waals surface area contributed by atoms with Crippen molar-refractivity contribution in [2.24, 2.45) is 0 Å². The van der Waals surface area contributed by atoms with E-state index in [4.69, 9.17) is 9.84 Å². The fraction of sp³-hybridized carbons (Fsp3) is 0.382. The van der Waals surface area contributed by atoms with Crippen LogP contribution < -0.4 is 20.9 Å². The average molecular weight is 603 g/mol. The summed E-state index contributed by atoms with van der Waals surface area (Å²) in [7, 11) is 1.33. The molecule has 0 saturated carbocycles. The number of para-hydroxylation sites is 1. The lowest BCUT2D eigenvalue weighted by atomic mass is 9.98. The van der Waals surface area contributed by atoms with Crippen molar-refractivity contribution >= 4 is 23.6 Å². The quantitative estimate of drug-likeness (QED) is 0.214. The zero-order valence-corrected chi connectivity index (χ0v) is 25.5.